The van der Waals surface area contributed by atoms with Crippen LogP contribution in [0.25, 0.3) is 0 Å². The summed E-state index contributed by atoms with van der Waals surface area (Å²) in [5, 5.41) is 2.98. The van der Waals surface area contributed by atoms with Crippen molar-refractivity contribution in [3.05, 3.63) is 0 Å². The number of ether oxygens (including phenoxy) is 1. The van der Waals surface area contributed by atoms with E-state index in [2.05, 4.69) is 12.2 Å². The lowest BCUT2D eigenvalue weighted by molar-refractivity contribution is -0.121. The Morgan fingerprint density at radius 3 is 2.55 bits per heavy atom. The summed E-state index contributed by atoms with van der Waals surface area (Å²) in [4.78, 5) is 11.7. The highest BCUT2D eigenvalue weighted by molar-refractivity contribution is 5.75. The van der Waals surface area contributed by atoms with Gasteiger partial charge in [-0.15, -0.1) is 0 Å². The summed E-state index contributed by atoms with van der Waals surface area (Å²) < 4.78 is 5.46. The Hall–Kier alpha value is -0.610. The zero-order chi connectivity index (χ0) is 15.2. The molecule has 120 valence electrons. The molecule has 1 atom stereocenters. The molecule has 0 radical (unpaired) electrons. The number of unbranched alkanes of at least 4 members (excludes halogenated alkanes) is 1. The highest BCUT2D eigenvalue weighted by atomic mass is 16.5. The van der Waals surface area contributed by atoms with E-state index < -0.39 is 0 Å². The number of hydrogen-bond donors (Lipinski definition) is 2. The average Bonchev–Trinajstić information content (AvgIpc) is 2.40. The Morgan fingerprint density at radius 2 is 1.95 bits per heavy atom. The molecule has 0 bridgehead atoms. The number of carbonyl (C=O) groups is 1. The van der Waals surface area contributed by atoms with Crippen molar-refractivity contribution in [1.82, 2.24) is 5.32 Å². The third-order valence-electron chi connectivity index (χ3n) is 3.40. The van der Waals surface area contributed by atoms with Crippen LogP contribution in [0.1, 0.15) is 65.7 Å². The molecule has 0 aliphatic rings. The summed E-state index contributed by atoms with van der Waals surface area (Å²) in [6, 6.07) is 0. The Bertz CT molecular complexity index is 227. The van der Waals surface area contributed by atoms with Gasteiger partial charge in [0.25, 0.3) is 0 Å². The van der Waals surface area contributed by atoms with Gasteiger partial charge in [-0.25, -0.2) is 0 Å². The molecule has 1 amide bonds. The van der Waals surface area contributed by atoms with Gasteiger partial charge in [-0.1, -0.05) is 19.8 Å². The van der Waals surface area contributed by atoms with Gasteiger partial charge in [0.2, 0.25) is 5.91 Å². The van der Waals surface area contributed by atoms with E-state index in [1.807, 2.05) is 13.8 Å². The van der Waals surface area contributed by atoms with E-state index in [1.54, 1.807) is 0 Å². The number of nitrogens with one attached hydrogen (secondary N) is 1. The first-order chi connectivity index (χ1) is 9.60. The molecule has 0 rings (SSSR count). The molecule has 4 heteroatoms. The van der Waals surface area contributed by atoms with Crippen molar-refractivity contribution in [3.63, 3.8) is 0 Å². The van der Waals surface area contributed by atoms with Crippen molar-refractivity contribution in [3.8, 4) is 0 Å². The Balaban J connectivity index is 3.52. The lowest BCUT2D eigenvalue weighted by Gasteiger charge is -2.14. The van der Waals surface area contributed by atoms with Crippen LogP contribution in [0, 0.1) is 5.92 Å². The summed E-state index contributed by atoms with van der Waals surface area (Å²) in [7, 11) is 0. The van der Waals surface area contributed by atoms with Crippen molar-refractivity contribution in [2.75, 3.05) is 19.7 Å². The lowest BCUT2D eigenvalue weighted by Crippen LogP contribution is -2.25. The van der Waals surface area contributed by atoms with Crippen molar-refractivity contribution in [2.45, 2.75) is 71.8 Å². The standard InChI is InChI=1S/C16H34N2O2/c1-4-7-15(10-11-17)8-9-16(19)18-12-5-6-13-20-14(2)3/h14-15H,4-13,17H2,1-3H3,(H,18,19). The normalized spacial score (nSPS) is 12.7. The van der Waals surface area contributed by atoms with Gasteiger partial charge in [-0.3, -0.25) is 4.79 Å². The molecule has 0 saturated heterocycles. The maximum atomic E-state index is 11.7. The molecule has 0 spiro atoms. The Kier molecular flexibility index (Phi) is 13.0. The fourth-order valence-corrected chi connectivity index (χ4v) is 2.27. The molecule has 0 aromatic carbocycles. The third-order valence-corrected chi connectivity index (χ3v) is 3.40. The third kappa shape index (κ3) is 12.4. The molecule has 0 aliphatic heterocycles. The monoisotopic (exact) mass is 286 g/mol. The topological polar surface area (TPSA) is 64.4 Å². The molecule has 0 saturated carbocycles. The first-order valence-electron chi connectivity index (χ1n) is 8.18. The SMILES string of the molecule is CCCC(CCN)CCC(=O)NCCCCOC(C)C. The molecule has 0 aromatic rings. The number of rotatable bonds is 13. The van der Waals surface area contributed by atoms with E-state index in [0.717, 1.165) is 45.4 Å². The van der Waals surface area contributed by atoms with Crippen molar-refractivity contribution in [2.24, 2.45) is 11.7 Å². The number of nitrogens with two attached hydrogens (primary N) is 1. The quantitative estimate of drug-likeness (QED) is 0.512. The van der Waals surface area contributed by atoms with Gasteiger partial charge in [0.05, 0.1) is 6.10 Å². The van der Waals surface area contributed by atoms with Crippen LogP contribution in [0.5, 0.6) is 0 Å². The highest BCUT2D eigenvalue weighted by Gasteiger charge is 2.09. The predicted molar refractivity (Wildman–Crippen MR) is 84.6 cm³/mol. The zero-order valence-electron chi connectivity index (χ0n) is 13.6. The number of amides is 1. The van der Waals surface area contributed by atoms with Crippen LogP contribution in [-0.2, 0) is 9.53 Å². The zero-order valence-corrected chi connectivity index (χ0v) is 13.6. The minimum absolute atomic E-state index is 0.174. The van der Waals surface area contributed by atoms with E-state index in [4.69, 9.17) is 10.5 Å². The van der Waals surface area contributed by atoms with E-state index in [9.17, 15) is 4.79 Å². The van der Waals surface area contributed by atoms with E-state index in [-0.39, 0.29) is 5.91 Å². The van der Waals surface area contributed by atoms with Gasteiger partial charge < -0.3 is 15.8 Å². The van der Waals surface area contributed by atoms with Gasteiger partial charge in [0.15, 0.2) is 0 Å². The van der Waals surface area contributed by atoms with Crippen molar-refractivity contribution in [1.29, 1.82) is 0 Å². The van der Waals surface area contributed by atoms with E-state index >= 15 is 0 Å². The summed E-state index contributed by atoms with van der Waals surface area (Å²) in [6.45, 7) is 8.52. The molecule has 20 heavy (non-hydrogen) atoms. The maximum absolute atomic E-state index is 11.7. The molecular weight excluding hydrogens is 252 g/mol. The molecule has 3 N–H and O–H groups in total. The number of hydrogen-bond acceptors (Lipinski definition) is 3. The Morgan fingerprint density at radius 1 is 1.20 bits per heavy atom. The second kappa shape index (κ2) is 13.4. The predicted octanol–water partition coefficient (Wildman–Crippen LogP) is 2.85. The Labute approximate surface area is 124 Å². The van der Waals surface area contributed by atoms with Gasteiger partial charge in [-0.05, 0) is 52.0 Å². The minimum Gasteiger partial charge on any atom is -0.379 e. The molecule has 0 aromatic heterocycles. The van der Waals surface area contributed by atoms with Gasteiger partial charge >= 0.3 is 0 Å². The summed E-state index contributed by atoms with van der Waals surface area (Å²) in [5.41, 5.74) is 5.60. The van der Waals surface area contributed by atoms with Crippen LogP contribution < -0.4 is 11.1 Å². The lowest BCUT2D eigenvalue weighted by atomic mass is 9.94. The largest absolute Gasteiger partial charge is 0.379 e. The average molecular weight is 286 g/mol. The van der Waals surface area contributed by atoms with Crippen LogP contribution in [-0.4, -0.2) is 31.7 Å². The molecule has 4 nitrogen and oxygen atoms in total. The first kappa shape index (κ1) is 19.4. The van der Waals surface area contributed by atoms with Crippen molar-refractivity contribution < 1.29 is 9.53 Å². The van der Waals surface area contributed by atoms with Crippen molar-refractivity contribution >= 4 is 5.91 Å². The summed E-state index contributed by atoms with van der Waals surface area (Å²) in [5.74, 6) is 0.781. The van der Waals surface area contributed by atoms with Crippen LogP contribution in [0.4, 0.5) is 0 Å². The molecular formula is C16H34N2O2. The smallest absolute Gasteiger partial charge is 0.220 e. The number of carbonyl (C=O) groups excluding carboxylic acids is 1. The van der Waals surface area contributed by atoms with Gasteiger partial charge in [0.1, 0.15) is 0 Å². The maximum Gasteiger partial charge on any atom is 0.220 e. The minimum atomic E-state index is 0.174. The van der Waals surface area contributed by atoms with Crippen LogP contribution in [0.3, 0.4) is 0 Å². The molecule has 1 unspecified atom stereocenters. The second-order valence-corrected chi connectivity index (χ2v) is 5.75. The van der Waals surface area contributed by atoms with Gasteiger partial charge in [-0.2, -0.15) is 0 Å². The molecule has 0 fully saturated rings. The second-order valence-electron chi connectivity index (χ2n) is 5.75. The fraction of sp³-hybridized carbons (Fsp3) is 0.938. The summed E-state index contributed by atoms with van der Waals surface area (Å²) >= 11 is 0. The summed E-state index contributed by atoms with van der Waals surface area (Å²) in [6.07, 6.45) is 7.26. The van der Waals surface area contributed by atoms with Crippen LogP contribution in [0.15, 0.2) is 0 Å². The highest BCUT2D eigenvalue weighted by Crippen LogP contribution is 2.16. The van der Waals surface area contributed by atoms with E-state index in [1.165, 1.54) is 12.8 Å². The fourth-order valence-electron chi connectivity index (χ4n) is 2.27. The van der Waals surface area contributed by atoms with Gasteiger partial charge in [0, 0.05) is 19.6 Å². The molecule has 0 heterocycles. The van der Waals surface area contributed by atoms with E-state index in [0.29, 0.717) is 18.4 Å². The first-order valence-corrected chi connectivity index (χ1v) is 8.18. The van der Waals surface area contributed by atoms with Crippen LogP contribution >= 0.6 is 0 Å². The molecule has 0 aliphatic carbocycles. The van der Waals surface area contributed by atoms with Crippen LogP contribution in [0.2, 0.25) is 0 Å².